The van der Waals surface area contributed by atoms with Gasteiger partial charge in [0.15, 0.2) is 0 Å². The van der Waals surface area contributed by atoms with Gasteiger partial charge in [-0.15, -0.1) is 0 Å². The van der Waals surface area contributed by atoms with Crippen LogP contribution in [0.3, 0.4) is 0 Å². The van der Waals surface area contributed by atoms with Gasteiger partial charge in [0, 0.05) is 26.7 Å². The number of rotatable bonds is 6. The van der Waals surface area contributed by atoms with Crippen LogP contribution >= 0.6 is 0 Å². The molecule has 2 rings (SSSR count). The Morgan fingerprint density at radius 1 is 1.33 bits per heavy atom. The van der Waals surface area contributed by atoms with Crippen LogP contribution in [-0.4, -0.2) is 55.4 Å². The van der Waals surface area contributed by atoms with Crippen LogP contribution in [0.2, 0.25) is 0 Å². The van der Waals surface area contributed by atoms with E-state index in [1.165, 1.54) is 6.42 Å². The van der Waals surface area contributed by atoms with Crippen LogP contribution < -0.4 is 5.32 Å². The second kappa shape index (κ2) is 6.22. The number of nitrogens with one attached hydrogen (secondary N) is 1. The lowest BCUT2D eigenvalue weighted by Gasteiger charge is -2.41. The van der Waals surface area contributed by atoms with Gasteiger partial charge in [-0.3, -0.25) is 4.79 Å². The second-order valence-electron chi connectivity index (χ2n) is 6.81. The number of hydrogen-bond donors (Lipinski definition) is 2. The Morgan fingerprint density at radius 2 is 2.05 bits per heavy atom. The maximum atomic E-state index is 12.1. The maximum Gasteiger partial charge on any atom is 0.317 e. The van der Waals surface area contributed by atoms with Gasteiger partial charge in [-0.05, 0) is 38.0 Å². The minimum absolute atomic E-state index is 0.146. The second-order valence-corrected chi connectivity index (χ2v) is 6.81. The van der Waals surface area contributed by atoms with Crippen molar-refractivity contribution < 1.29 is 19.4 Å². The number of methoxy groups -OCH3 is 1. The van der Waals surface area contributed by atoms with Gasteiger partial charge >= 0.3 is 12.0 Å². The molecule has 2 amide bonds. The summed E-state index contributed by atoms with van der Waals surface area (Å²) in [4.78, 5) is 24.9. The third-order valence-corrected chi connectivity index (χ3v) is 5.07. The molecule has 1 aliphatic heterocycles. The zero-order chi connectivity index (χ0) is 15.5. The summed E-state index contributed by atoms with van der Waals surface area (Å²) in [5, 5.41) is 12.1. The van der Waals surface area contributed by atoms with Gasteiger partial charge in [-0.2, -0.15) is 0 Å². The quantitative estimate of drug-likeness (QED) is 0.782. The lowest BCUT2D eigenvalue weighted by molar-refractivity contribution is -0.146. The molecule has 6 heteroatoms. The average Bonchev–Trinajstić information content (AvgIpc) is 2.80. The molecule has 21 heavy (non-hydrogen) atoms. The fourth-order valence-electron chi connectivity index (χ4n) is 3.30. The lowest BCUT2D eigenvalue weighted by atomic mass is 9.67. The van der Waals surface area contributed by atoms with Gasteiger partial charge in [-0.1, -0.05) is 6.42 Å². The minimum atomic E-state index is -0.827. The molecular formula is C15H26N2O4. The molecule has 0 bridgehead atoms. The molecule has 1 aliphatic carbocycles. The highest BCUT2D eigenvalue weighted by Gasteiger charge is 2.42. The molecule has 0 spiro atoms. The van der Waals surface area contributed by atoms with Crippen molar-refractivity contribution in [3.63, 3.8) is 0 Å². The lowest BCUT2D eigenvalue weighted by Crippen LogP contribution is -2.43. The summed E-state index contributed by atoms with van der Waals surface area (Å²) < 4.78 is 5.27. The SMILES string of the molecule is COCC1(CCNC(=O)N2CCC(C)(C(=O)O)C2)CCC1. The molecule has 1 unspecified atom stereocenters. The molecule has 1 atom stereocenters. The highest BCUT2D eigenvalue weighted by Crippen LogP contribution is 2.43. The van der Waals surface area contributed by atoms with E-state index in [1.807, 2.05) is 0 Å². The molecule has 6 nitrogen and oxygen atoms in total. The Hall–Kier alpha value is -1.30. The van der Waals surface area contributed by atoms with E-state index < -0.39 is 11.4 Å². The predicted molar refractivity (Wildman–Crippen MR) is 78.1 cm³/mol. The third-order valence-electron chi connectivity index (χ3n) is 5.07. The normalized spacial score (nSPS) is 27.2. The molecule has 2 aliphatic rings. The average molecular weight is 298 g/mol. The highest BCUT2D eigenvalue weighted by atomic mass is 16.5. The van der Waals surface area contributed by atoms with Crippen molar-refractivity contribution >= 4 is 12.0 Å². The molecule has 1 saturated heterocycles. The van der Waals surface area contributed by atoms with Crippen LogP contribution in [0.25, 0.3) is 0 Å². The minimum Gasteiger partial charge on any atom is -0.481 e. The number of ether oxygens (including phenoxy) is 1. The molecule has 0 aromatic rings. The summed E-state index contributed by atoms with van der Waals surface area (Å²) in [6.07, 6.45) is 5.01. The third kappa shape index (κ3) is 3.48. The van der Waals surface area contributed by atoms with E-state index in [0.717, 1.165) is 25.9 Å². The number of carboxylic acids is 1. The first kappa shape index (κ1) is 16.1. The van der Waals surface area contributed by atoms with Crippen molar-refractivity contribution in [3.05, 3.63) is 0 Å². The summed E-state index contributed by atoms with van der Waals surface area (Å²) in [6, 6.07) is -0.146. The summed E-state index contributed by atoms with van der Waals surface area (Å²) in [6.45, 7) is 3.88. The predicted octanol–water partition coefficient (Wildman–Crippen LogP) is 1.70. The smallest absolute Gasteiger partial charge is 0.317 e. The summed E-state index contributed by atoms with van der Waals surface area (Å²) in [7, 11) is 1.72. The first-order valence-corrected chi connectivity index (χ1v) is 7.66. The summed E-state index contributed by atoms with van der Waals surface area (Å²) in [5.41, 5.74) is -0.564. The van der Waals surface area contributed by atoms with Gasteiger partial charge in [0.1, 0.15) is 0 Å². The first-order chi connectivity index (χ1) is 9.91. The van der Waals surface area contributed by atoms with Crippen LogP contribution in [0.15, 0.2) is 0 Å². The van der Waals surface area contributed by atoms with Crippen molar-refractivity contribution in [2.75, 3.05) is 33.4 Å². The number of likely N-dealkylation sites (tertiary alicyclic amines) is 1. The number of urea groups is 1. The molecule has 0 radical (unpaired) electrons. The van der Waals surface area contributed by atoms with Crippen LogP contribution in [0.5, 0.6) is 0 Å². The van der Waals surface area contributed by atoms with Crippen molar-refractivity contribution in [1.29, 1.82) is 0 Å². The van der Waals surface area contributed by atoms with E-state index in [4.69, 9.17) is 4.74 Å². The van der Waals surface area contributed by atoms with Crippen LogP contribution in [-0.2, 0) is 9.53 Å². The zero-order valence-electron chi connectivity index (χ0n) is 13.0. The van der Waals surface area contributed by atoms with Crippen LogP contribution in [0.4, 0.5) is 4.79 Å². The Bertz CT molecular complexity index is 408. The Labute approximate surface area is 125 Å². The Kier molecular flexibility index (Phi) is 4.76. The standard InChI is InChI=1S/C15H26N2O4/c1-14(12(18)19)7-9-17(10-14)13(20)16-8-6-15(11-21-2)4-3-5-15/h3-11H2,1-2H3,(H,16,20)(H,18,19). The number of hydrogen-bond acceptors (Lipinski definition) is 3. The van der Waals surface area contributed by atoms with Crippen molar-refractivity contribution in [2.45, 2.75) is 39.0 Å². The number of carboxylic acid groups (broad SMARTS) is 1. The Balaban J connectivity index is 1.74. The van der Waals surface area contributed by atoms with Gasteiger partial charge in [0.05, 0.1) is 12.0 Å². The van der Waals surface area contributed by atoms with Crippen molar-refractivity contribution in [3.8, 4) is 0 Å². The molecule has 2 N–H and O–H groups in total. The van der Waals surface area contributed by atoms with Gasteiger partial charge in [-0.25, -0.2) is 4.79 Å². The zero-order valence-corrected chi connectivity index (χ0v) is 13.0. The van der Waals surface area contributed by atoms with Crippen LogP contribution in [0.1, 0.15) is 39.0 Å². The van der Waals surface area contributed by atoms with Gasteiger partial charge in [0.2, 0.25) is 0 Å². The van der Waals surface area contributed by atoms with E-state index in [0.29, 0.717) is 19.5 Å². The number of aliphatic carboxylic acids is 1. The fourth-order valence-corrected chi connectivity index (χ4v) is 3.30. The maximum absolute atomic E-state index is 12.1. The number of carbonyl (C=O) groups excluding carboxylic acids is 1. The van der Waals surface area contributed by atoms with Gasteiger partial charge < -0.3 is 20.1 Å². The first-order valence-electron chi connectivity index (χ1n) is 7.66. The van der Waals surface area contributed by atoms with Crippen LogP contribution in [0, 0.1) is 10.8 Å². The summed E-state index contributed by atoms with van der Waals surface area (Å²) >= 11 is 0. The molecular weight excluding hydrogens is 272 g/mol. The van der Waals surface area contributed by atoms with E-state index in [2.05, 4.69) is 5.32 Å². The summed E-state index contributed by atoms with van der Waals surface area (Å²) in [5.74, 6) is -0.827. The van der Waals surface area contributed by atoms with Crippen molar-refractivity contribution in [2.24, 2.45) is 10.8 Å². The monoisotopic (exact) mass is 298 g/mol. The number of carbonyl (C=O) groups is 2. The van der Waals surface area contributed by atoms with E-state index >= 15 is 0 Å². The molecule has 0 aromatic carbocycles. The molecule has 2 fully saturated rings. The van der Waals surface area contributed by atoms with E-state index in [1.54, 1.807) is 18.9 Å². The molecule has 0 aromatic heterocycles. The van der Waals surface area contributed by atoms with Gasteiger partial charge in [0.25, 0.3) is 0 Å². The van der Waals surface area contributed by atoms with Crippen molar-refractivity contribution in [1.82, 2.24) is 10.2 Å². The topological polar surface area (TPSA) is 78.9 Å². The molecule has 1 heterocycles. The largest absolute Gasteiger partial charge is 0.481 e. The number of amides is 2. The fraction of sp³-hybridized carbons (Fsp3) is 0.867. The Morgan fingerprint density at radius 3 is 2.52 bits per heavy atom. The van der Waals surface area contributed by atoms with E-state index in [-0.39, 0.29) is 18.0 Å². The van der Waals surface area contributed by atoms with E-state index in [9.17, 15) is 14.7 Å². The number of nitrogens with zero attached hydrogens (tertiary/aromatic N) is 1. The molecule has 1 saturated carbocycles. The highest BCUT2D eigenvalue weighted by molar-refractivity contribution is 5.79. The molecule has 120 valence electrons.